The molecule has 1 N–H and O–H groups in total. The molecule has 1 atom stereocenters. The lowest BCUT2D eigenvalue weighted by Gasteiger charge is -2.25. The van der Waals surface area contributed by atoms with Gasteiger partial charge in [0.15, 0.2) is 0 Å². The SMILES string of the molecule is C=C(CC(C)O)N(CC)c1ccc(C)nc1. The summed E-state index contributed by atoms with van der Waals surface area (Å²) in [5, 5.41) is 9.36. The molecule has 0 amide bonds. The molecule has 1 heterocycles. The molecule has 0 bridgehead atoms. The van der Waals surface area contributed by atoms with E-state index in [1.54, 1.807) is 6.92 Å². The first-order valence-electron chi connectivity index (χ1n) is 5.60. The fourth-order valence-electron chi connectivity index (χ4n) is 1.66. The van der Waals surface area contributed by atoms with Crippen LogP contribution >= 0.6 is 0 Å². The lowest BCUT2D eigenvalue weighted by molar-refractivity contribution is 0.194. The number of hydrogen-bond acceptors (Lipinski definition) is 3. The van der Waals surface area contributed by atoms with E-state index in [0.29, 0.717) is 6.42 Å². The van der Waals surface area contributed by atoms with Gasteiger partial charge in [-0.3, -0.25) is 4.98 Å². The van der Waals surface area contributed by atoms with Crippen LogP contribution in [0.3, 0.4) is 0 Å². The summed E-state index contributed by atoms with van der Waals surface area (Å²) in [4.78, 5) is 6.33. The summed E-state index contributed by atoms with van der Waals surface area (Å²) in [5.74, 6) is 0. The molecule has 0 radical (unpaired) electrons. The van der Waals surface area contributed by atoms with Gasteiger partial charge >= 0.3 is 0 Å². The van der Waals surface area contributed by atoms with E-state index in [0.717, 1.165) is 23.6 Å². The van der Waals surface area contributed by atoms with E-state index in [9.17, 15) is 5.11 Å². The molecular weight excluding hydrogens is 200 g/mol. The maximum atomic E-state index is 9.36. The molecule has 3 nitrogen and oxygen atoms in total. The number of pyridine rings is 1. The van der Waals surface area contributed by atoms with E-state index in [2.05, 4.69) is 23.4 Å². The molecule has 1 rings (SSSR count). The van der Waals surface area contributed by atoms with Crippen LogP contribution in [-0.4, -0.2) is 22.7 Å². The molecule has 0 saturated heterocycles. The molecule has 0 aromatic carbocycles. The Kier molecular flexibility index (Phi) is 4.50. The van der Waals surface area contributed by atoms with Crippen LogP contribution in [0, 0.1) is 6.92 Å². The Labute approximate surface area is 97.4 Å². The van der Waals surface area contributed by atoms with Crippen molar-refractivity contribution in [2.45, 2.75) is 33.3 Å². The highest BCUT2D eigenvalue weighted by molar-refractivity contribution is 5.50. The number of hydrogen-bond donors (Lipinski definition) is 1. The standard InChI is InChI=1S/C13H20N2O/c1-5-15(11(3)8-12(4)16)13-7-6-10(2)14-9-13/h6-7,9,12,16H,3,5,8H2,1-2,4H3. The molecule has 0 saturated carbocycles. The third-order valence-electron chi connectivity index (χ3n) is 2.44. The lowest BCUT2D eigenvalue weighted by Crippen LogP contribution is -2.23. The Balaban J connectivity index is 2.81. The van der Waals surface area contributed by atoms with Crippen molar-refractivity contribution in [1.29, 1.82) is 0 Å². The number of nitrogens with zero attached hydrogens (tertiary/aromatic N) is 2. The second-order valence-electron chi connectivity index (χ2n) is 4.02. The van der Waals surface area contributed by atoms with Gasteiger partial charge in [-0.15, -0.1) is 0 Å². The summed E-state index contributed by atoms with van der Waals surface area (Å²) in [7, 11) is 0. The maximum Gasteiger partial charge on any atom is 0.0594 e. The third kappa shape index (κ3) is 3.35. The largest absolute Gasteiger partial charge is 0.393 e. The van der Waals surface area contributed by atoms with Gasteiger partial charge in [-0.1, -0.05) is 6.58 Å². The van der Waals surface area contributed by atoms with E-state index in [4.69, 9.17) is 0 Å². The first kappa shape index (κ1) is 12.7. The maximum absolute atomic E-state index is 9.36. The summed E-state index contributed by atoms with van der Waals surface area (Å²) in [6.45, 7) is 10.6. The van der Waals surface area contributed by atoms with Gasteiger partial charge in [0.25, 0.3) is 0 Å². The summed E-state index contributed by atoms with van der Waals surface area (Å²) < 4.78 is 0. The zero-order chi connectivity index (χ0) is 12.1. The van der Waals surface area contributed by atoms with Crippen molar-refractivity contribution in [2.75, 3.05) is 11.4 Å². The van der Waals surface area contributed by atoms with Gasteiger partial charge in [-0.05, 0) is 32.9 Å². The molecule has 0 aliphatic rings. The van der Waals surface area contributed by atoms with Crippen molar-refractivity contribution in [2.24, 2.45) is 0 Å². The highest BCUT2D eigenvalue weighted by atomic mass is 16.3. The zero-order valence-corrected chi connectivity index (χ0v) is 10.3. The molecule has 0 spiro atoms. The highest BCUT2D eigenvalue weighted by Crippen LogP contribution is 2.19. The van der Waals surface area contributed by atoms with Crippen molar-refractivity contribution in [1.82, 2.24) is 4.98 Å². The Hall–Kier alpha value is -1.35. The zero-order valence-electron chi connectivity index (χ0n) is 10.3. The molecule has 3 heteroatoms. The highest BCUT2D eigenvalue weighted by Gasteiger charge is 2.10. The van der Waals surface area contributed by atoms with E-state index in [-0.39, 0.29) is 6.10 Å². The van der Waals surface area contributed by atoms with Gasteiger partial charge in [-0.25, -0.2) is 0 Å². The van der Waals surface area contributed by atoms with Crippen LogP contribution in [0.5, 0.6) is 0 Å². The molecule has 1 aromatic rings. The Morgan fingerprint density at radius 1 is 1.56 bits per heavy atom. The molecule has 1 unspecified atom stereocenters. The summed E-state index contributed by atoms with van der Waals surface area (Å²) in [6.07, 6.45) is 2.06. The molecule has 0 aliphatic carbocycles. The average molecular weight is 220 g/mol. The lowest BCUT2D eigenvalue weighted by atomic mass is 10.2. The monoisotopic (exact) mass is 220 g/mol. The minimum atomic E-state index is -0.361. The van der Waals surface area contributed by atoms with Crippen LogP contribution in [0.25, 0.3) is 0 Å². The molecule has 1 aromatic heterocycles. The van der Waals surface area contributed by atoms with E-state index < -0.39 is 0 Å². The normalized spacial score (nSPS) is 12.2. The van der Waals surface area contributed by atoms with Crippen molar-refractivity contribution < 1.29 is 5.11 Å². The summed E-state index contributed by atoms with van der Waals surface area (Å²) in [5.41, 5.74) is 2.95. The number of aromatic nitrogens is 1. The fourth-order valence-corrected chi connectivity index (χ4v) is 1.66. The smallest absolute Gasteiger partial charge is 0.0594 e. The average Bonchev–Trinajstić information content (AvgIpc) is 2.21. The fraction of sp³-hybridized carbons (Fsp3) is 0.462. The molecule has 16 heavy (non-hydrogen) atoms. The van der Waals surface area contributed by atoms with E-state index in [1.165, 1.54) is 0 Å². The number of rotatable bonds is 5. The van der Waals surface area contributed by atoms with Gasteiger partial charge in [0.05, 0.1) is 18.0 Å². The topological polar surface area (TPSA) is 36.4 Å². The van der Waals surface area contributed by atoms with Crippen molar-refractivity contribution >= 4 is 5.69 Å². The molecular formula is C13H20N2O. The van der Waals surface area contributed by atoms with Crippen molar-refractivity contribution in [3.8, 4) is 0 Å². The predicted molar refractivity (Wildman–Crippen MR) is 67.4 cm³/mol. The van der Waals surface area contributed by atoms with Crippen LogP contribution in [0.15, 0.2) is 30.6 Å². The van der Waals surface area contributed by atoms with Gasteiger partial charge < -0.3 is 10.0 Å². The summed E-state index contributed by atoms with van der Waals surface area (Å²) in [6, 6.07) is 4.01. The van der Waals surface area contributed by atoms with Gasteiger partial charge in [-0.2, -0.15) is 0 Å². The Morgan fingerprint density at radius 2 is 2.25 bits per heavy atom. The van der Waals surface area contributed by atoms with Crippen molar-refractivity contribution in [3.05, 3.63) is 36.3 Å². The van der Waals surface area contributed by atoms with E-state index >= 15 is 0 Å². The second-order valence-corrected chi connectivity index (χ2v) is 4.02. The minimum absolute atomic E-state index is 0.361. The Bertz CT molecular complexity index is 343. The van der Waals surface area contributed by atoms with Gasteiger partial charge in [0.2, 0.25) is 0 Å². The van der Waals surface area contributed by atoms with Gasteiger partial charge in [0, 0.05) is 24.4 Å². The third-order valence-corrected chi connectivity index (χ3v) is 2.44. The van der Waals surface area contributed by atoms with Crippen LogP contribution in [0.4, 0.5) is 5.69 Å². The first-order valence-corrected chi connectivity index (χ1v) is 5.60. The van der Waals surface area contributed by atoms with Gasteiger partial charge in [0.1, 0.15) is 0 Å². The van der Waals surface area contributed by atoms with E-state index in [1.807, 2.05) is 25.3 Å². The van der Waals surface area contributed by atoms with Crippen LogP contribution in [0.2, 0.25) is 0 Å². The number of aliphatic hydroxyl groups is 1. The minimum Gasteiger partial charge on any atom is -0.393 e. The van der Waals surface area contributed by atoms with Crippen LogP contribution in [-0.2, 0) is 0 Å². The predicted octanol–water partition coefficient (Wildman–Crippen LogP) is 2.50. The Morgan fingerprint density at radius 3 is 2.69 bits per heavy atom. The quantitative estimate of drug-likeness (QED) is 0.828. The molecule has 88 valence electrons. The molecule has 0 aliphatic heterocycles. The second kappa shape index (κ2) is 5.66. The number of aliphatic hydroxyl groups excluding tert-OH is 1. The number of aryl methyl sites for hydroxylation is 1. The molecule has 0 fully saturated rings. The van der Waals surface area contributed by atoms with Crippen LogP contribution in [0.1, 0.15) is 26.0 Å². The van der Waals surface area contributed by atoms with Crippen LogP contribution < -0.4 is 4.90 Å². The summed E-state index contributed by atoms with van der Waals surface area (Å²) >= 11 is 0. The van der Waals surface area contributed by atoms with Crippen molar-refractivity contribution in [3.63, 3.8) is 0 Å². The number of anilines is 1. The first-order chi connectivity index (χ1) is 7.54.